The Morgan fingerprint density at radius 3 is 2.35 bits per heavy atom. The maximum absolute atomic E-state index is 11.8. The van der Waals surface area contributed by atoms with Gasteiger partial charge in [0.25, 0.3) is 0 Å². The van der Waals surface area contributed by atoms with Gasteiger partial charge in [-0.25, -0.2) is 0 Å². The van der Waals surface area contributed by atoms with E-state index in [4.69, 9.17) is 4.74 Å². The van der Waals surface area contributed by atoms with Gasteiger partial charge in [-0.3, -0.25) is 4.79 Å². The number of halogens is 1. The molecule has 0 aliphatic heterocycles. The van der Waals surface area contributed by atoms with Crippen LogP contribution in [0.5, 0.6) is 5.75 Å². The largest absolute Gasteiger partial charge is 0.485 e. The van der Waals surface area contributed by atoms with Crippen LogP contribution in [0.1, 0.15) is 5.56 Å². The molecule has 0 unspecified atom stereocenters. The lowest BCUT2D eigenvalue weighted by molar-refractivity contribution is 0.303. The number of hydrogen-bond acceptors (Lipinski definition) is 2. The molecule has 0 saturated heterocycles. The highest BCUT2D eigenvalue weighted by molar-refractivity contribution is 9.10. The van der Waals surface area contributed by atoms with Crippen LogP contribution in [0.2, 0.25) is 0 Å². The molecule has 0 saturated carbocycles. The van der Waals surface area contributed by atoms with Gasteiger partial charge < -0.3 is 4.74 Å². The van der Waals surface area contributed by atoms with E-state index < -0.39 is 0 Å². The van der Waals surface area contributed by atoms with Crippen molar-refractivity contribution in [3.8, 4) is 5.75 Å². The second-order valence-electron chi connectivity index (χ2n) is 3.53. The number of ether oxygens (including phenoxy) is 1. The van der Waals surface area contributed by atoms with Crippen LogP contribution in [-0.4, -0.2) is 0 Å². The molecule has 2 rings (SSSR count). The van der Waals surface area contributed by atoms with Gasteiger partial charge in [0.05, 0.1) is 4.47 Å². The molecule has 0 N–H and O–H groups in total. The molecule has 0 aliphatic rings. The lowest BCUT2D eigenvalue weighted by Crippen LogP contribution is -2.06. The second-order valence-corrected chi connectivity index (χ2v) is 4.39. The van der Waals surface area contributed by atoms with Gasteiger partial charge in [-0.05, 0) is 33.6 Å². The molecule has 0 fully saturated rings. The molecule has 3 heteroatoms. The molecule has 0 spiro atoms. The van der Waals surface area contributed by atoms with E-state index in [1.807, 2.05) is 30.3 Å². The van der Waals surface area contributed by atoms with E-state index in [0.717, 1.165) is 5.56 Å². The third-order valence-corrected chi connectivity index (χ3v) is 2.90. The monoisotopic (exact) mass is 290 g/mol. The standard InChI is InChI=1S/C14H11BrO2/c15-12-8-4-5-9-13(14(12)16)17-10-11-6-2-1-3-7-11/h1-9H,10H2. The van der Waals surface area contributed by atoms with Gasteiger partial charge in [0.2, 0.25) is 5.43 Å². The summed E-state index contributed by atoms with van der Waals surface area (Å²) in [5.74, 6) is 0.353. The van der Waals surface area contributed by atoms with Crippen molar-refractivity contribution in [2.75, 3.05) is 0 Å². The summed E-state index contributed by atoms with van der Waals surface area (Å²) in [6, 6.07) is 16.7. The van der Waals surface area contributed by atoms with Crippen molar-refractivity contribution in [1.82, 2.24) is 0 Å². The van der Waals surface area contributed by atoms with Gasteiger partial charge in [0.15, 0.2) is 5.75 Å². The molecule has 2 aromatic carbocycles. The minimum atomic E-state index is -0.133. The lowest BCUT2D eigenvalue weighted by Gasteiger charge is -2.03. The second kappa shape index (κ2) is 5.64. The lowest BCUT2D eigenvalue weighted by atomic mass is 10.2. The fourth-order valence-electron chi connectivity index (χ4n) is 1.40. The third kappa shape index (κ3) is 3.17. The van der Waals surface area contributed by atoms with E-state index in [1.165, 1.54) is 0 Å². The fraction of sp³-hybridized carbons (Fsp3) is 0.0714. The zero-order valence-corrected chi connectivity index (χ0v) is 10.7. The Hall–Kier alpha value is -1.61. The van der Waals surface area contributed by atoms with Crippen LogP contribution in [0.25, 0.3) is 0 Å². The Morgan fingerprint density at radius 2 is 1.59 bits per heavy atom. The van der Waals surface area contributed by atoms with Gasteiger partial charge in [-0.1, -0.05) is 42.5 Å². The predicted molar refractivity (Wildman–Crippen MR) is 71.2 cm³/mol. The van der Waals surface area contributed by atoms with E-state index in [2.05, 4.69) is 15.9 Å². The molecule has 17 heavy (non-hydrogen) atoms. The van der Waals surface area contributed by atoms with Crippen molar-refractivity contribution in [3.63, 3.8) is 0 Å². The first-order valence-corrected chi connectivity index (χ1v) is 6.02. The van der Waals surface area contributed by atoms with Crippen LogP contribution in [0, 0.1) is 0 Å². The van der Waals surface area contributed by atoms with Crippen LogP contribution in [0.4, 0.5) is 0 Å². The zero-order valence-electron chi connectivity index (χ0n) is 9.10. The normalized spacial score (nSPS) is 9.94. The van der Waals surface area contributed by atoms with Crippen LogP contribution >= 0.6 is 15.9 Å². The molecular formula is C14H11BrO2. The van der Waals surface area contributed by atoms with Crippen molar-refractivity contribution in [3.05, 3.63) is 74.9 Å². The summed E-state index contributed by atoms with van der Waals surface area (Å²) >= 11 is 3.21. The summed E-state index contributed by atoms with van der Waals surface area (Å²) < 4.78 is 6.03. The van der Waals surface area contributed by atoms with Crippen LogP contribution in [0.15, 0.2) is 63.9 Å². The Balaban J connectivity index is 2.19. The average Bonchev–Trinajstić information content (AvgIpc) is 2.52. The smallest absolute Gasteiger partial charge is 0.234 e. The quantitative estimate of drug-likeness (QED) is 0.866. The molecule has 0 aromatic heterocycles. The zero-order chi connectivity index (χ0) is 12.1. The minimum Gasteiger partial charge on any atom is -0.485 e. The van der Waals surface area contributed by atoms with Crippen molar-refractivity contribution >= 4 is 15.9 Å². The summed E-state index contributed by atoms with van der Waals surface area (Å²) in [6.45, 7) is 0.395. The Morgan fingerprint density at radius 1 is 0.941 bits per heavy atom. The van der Waals surface area contributed by atoms with Gasteiger partial charge >= 0.3 is 0 Å². The summed E-state index contributed by atoms with van der Waals surface area (Å²) in [7, 11) is 0. The third-order valence-electron chi connectivity index (χ3n) is 2.28. The SMILES string of the molecule is O=c1c(Br)ccccc1OCc1ccccc1. The number of benzene rings is 1. The maximum Gasteiger partial charge on any atom is 0.234 e. The first-order valence-electron chi connectivity index (χ1n) is 5.23. The van der Waals surface area contributed by atoms with E-state index >= 15 is 0 Å². The van der Waals surface area contributed by atoms with Crippen LogP contribution < -0.4 is 10.2 Å². The average molecular weight is 291 g/mol. The topological polar surface area (TPSA) is 26.3 Å². The van der Waals surface area contributed by atoms with Crippen molar-refractivity contribution in [1.29, 1.82) is 0 Å². The number of hydrogen-bond donors (Lipinski definition) is 0. The highest BCUT2D eigenvalue weighted by Crippen LogP contribution is 2.10. The molecular weight excluding hydrogens is 280 g/mol. The highest BCUT2D eigenvalue weighted by Gasteiger charge is 2.02. The molecule has 86 valence electrons. The van der Waals surface area contributed by atoms with Crippen molar-refractivity contribution < 1.29 is 4.74 Å². The first kappa shape index (κ1) is 11.9. The molecule has 0 amide bonds. The minimum absolute atomic E-state index is 0.133. The van der Waals surface area contributed by atoms with E-state index in [9.17, 15) is 4.79 Å². The van der Waals surface area contributed by atoms with E-state index in [-0.39, 0.29) is 5.43 Å². The summed E-state index contributed by atoms with van der Waals surface area (Å²) in [5.41, 5.74) is 0.903. The molecule has 2 nitrogen and oxygen atoms in total. The highest BCUT2D eigenvalue weighted by atomic mass is 79.9. The summed E-state index contributed by atoms with van der Waals surface area (Å²) in [4.78, 5) is 11.8. The Labute approximate surface area is 108 Å². The molecule has 0 radical (unpaired) electrons. The van der Waals surface area contributed by atoms with Crippen LogP contribution in [-0.2, 0) is 6.61 Å². The molecule has 0 aliphatic carbocycles. The molecule has 0 heterocycles. The molecule has 0 bridgehead atoms. The van der Waals surface area contributed by atoms with Gasteiger partial charge in [-0.15, -0.1) is 0 Å². The van der Waals surface area contributed by atoms with Crippen molar-refractivity contribution in [2.45, 2.75) is 6.61 Å². The van der Waals surface area contributed by atoms with E-state index in [1.54, 1.807) is 24.3 Å². The molecule has 2 aromatic rings. The maximum atomic E-state index is 11.8. The predicted octanol–water partition coefficient (Wildman–Crippen LogP) is 3.39. The van der Waals surface area contributed by atoms with Gasteiger partial charge in [0.1, 0.15) is 6.61 Å². The summed E-state index contributed by atoms with van der Waals surface area (Å²) in [5, 5.41) is 0. The summed E-state index contributed by atoms with van der Waals surface area (Å²) in [6.07, 6.45) is 0. The Bertz CT molecular complexity index is 552. The number of rotatable bonds is 3. The van der Waals surface area contributed by atoms with Crippen molar-refractivity contribution in [2.24, 2.45) is 0 Å². The van der Waals surface area contributed by atoms with Gasteiger partial charge in [-0.2, -0.15) is 0 Å². The molecule has 0 atom stereocenters. The first-order chi connectivity index (χ1) is 8.27. The van der Waals surface area contributed by atoms with Gasteiger partial charge in [0, 0.05) is 0 Å². The Kier molecular flexibility index (Phi) is 3.94. The van der Waals surface area contributed by atoms with Crippen LogP contribution in [0.3, 0.4) is 0 Å². The fourth-order valence-corrected chi connectivity index (χ4v) is 1.75. The van der Waals surface area contributed by atoms with E-state index in [0.29, 0.717) is 16.8 Å².